The maximum absolute atomic E-state index is 13.0. The summed E-state index contributed by atoms with van der Waals surface area (Å²) in [4.78, 5) is 31.8. The van der Waals surface area contributed by atoms with Crippen molar-refractivity contribution < 1.29 is 14.3 Å². The van der Waals surface area contributed by atoms with E-state index in [9.17, 15) is 9.59 Å². The standard InChI is InChI=1S/C23H23N3O3S/c1-13-6-5-7-18(14(13)2)25-23(28)15(3)26-20-10-17(19-12-30-16(4)24-19)8-9-21(20)29-11-22(26)27/h5-10,12,15H,11H2,1-4H3,(H,25,28). The number of carbonyl (C=O) groups is 2. The maximum Gasteiger partial charge on any atom is 0.265 e. The molecule has 30 heavy (non-hydrogen) atoms. The highest BCUT2D eigenvalue weighted by Gasteiger charge is 2.33. The molecule has 1 unspecified atom stereocenters. The molecule has 1 aromatic heterocycles. The number of rotatable bonds is 4. The third-order valence-electron chi connectivity index (χ3n) is 5.38. The minimum absolute atomic E-state index is 0.0940. The van der Waals surface area contributed by atoms with Gasteiger partial charge in [0.1, 0.15) is 11.8 Å². The fourth-order valence-electron chi connectivity index (χ4n) is 3.49. The molecule has 1 aliphatic rings. The molecule has 4 rings (SSSR count). The first-order chi connectivity index (χ1) is 14.3. The predicted octanol–water partition coefficient (Wildman–Crippen LogP) is 4.49. The van der Waals surface area contributed by atoms with E-state index in [1.807, 2.05) is 62.5 Å². The average Bonchev–Trinajstić information content (AvgIpc) is 3.16. The van der Waals surface area contributed by atoms with Gasteiger partial charge in [-0.05, 0) is 63.1 Å². The van der Waals surface area contributed by atoms with E-state index in [1.54, 1.807) is 18.3 Å². The predicted molar refractivity (Wildman–Crippen MR) is 119 cm³/mol. The summed E-state index contributed by atoms with van der Waals surface area (Å²) in [6.45, 7) is 7.55. The molecule has 6 nitrogen and oxygen atoms in total. The zero-order valence-electron chi connectivity index (χ0n) is 17.4. The Labute approximate surface area is 179 Å². The summed E-state index contributed by atoms with van der Waals surface area (Å²) in [5.41, 5.74) is 5.15. The molecule has 2 aromatic carbocycles. The molecule has 2 amide bonds. The van der Waals surface area contributed by atoms with Crippen molar-refractivity contribution in [1.82, 2.24) is 4.98 Å². The Morgan fingerprint density at radius 2 is 2.03 bits per heavy atom. The van der Waals surface area contributed by atoms with E-state index in [2.05, 4.69) is 10.3 Å². The van der Waals surface area contributed by atoms with Crippen LogP contribution in [0, 0.1) is 20.8 Å². The first-order valence-electron chi connectivity index (χ1n) is 9.73. The van der Waals surface area contributed by atoms with Crippen LogP contribution < -0.4 is 15.0 Å². The number of aryl methyl sites for hydroxylation is 2. The summed E-state index contributed by atoms with van der Waals surface area (Å²) in [5, 5.41) is 5.91. The van der Waals surface area contributed by atoms with Crippen molar-refractivity contribution in [3.63, 3.8) is 0 Å². The third kappa shape index (κ3) is 3.68. The van der Waals surface area contributed by atoms with Crippen LogP contribution in [0.2, 0.25) is 0 Å². The van der Waals surface area contributed by atoms with E-state index in [4.69, 9.17) is 4.74 Å². The van der Waals surface area contributed by atoms with Crippen molar-refractivity contribution in [3.05, 3.63) is 57.9 Å². The molecule has 1 N–H and O–H groups in total. The van der Waals surface area contributed by atoms with Crippen molar-refractivity contribution >= 4 is 34.5 Å². The highest BCUT2D eigenvalue weighted by atomic mass is 32.1. The Hall–Kier alpha value is -3.19. The molecule has 154 valence electrons. The van der Waals surface area contributed by atoms with Gasteiger partial charge in [-0.2, -0.15) is 0 Å². The summed E-state index contributed by atoms with van der Waals surface area (Å²) in [5.74, 6) is 0.0780. The summed E-state index contributed by atoms with van der Waals surface area (Å²) in [6, 6.07) is 10.7. The van der Waals surface area contributed by atoms with E-state index in [-0.39, 0.29) is 18.4 Å². The first-order valence-corrected chi connectivity index (χ1v) is 10.6. The molecule has 2 heterocycles. The second kappa shape index (κ2) is 7.91. The molecule has 0 spiro atoms. The van der Waals surface area contributed by atoms with Crippen LogP contribution >= 0.6 is 11.3 Å². The minimum Gasteiger partial charge on any atom is -0.482 e. The number of amides is 2. The van der Waals surface area contributed by atoms with E-state index >= 15 is 0 Å². The molecule has 0 aliphatic carbocycles. The lowest BCUT2D eigenvalue weighted by Gasteiger charge is -2.33. The topological polar surface area (TPSA) is 71.5 Å². The Morgan fingerprint density at radius 3 is 2.77 bits per heavy atom. The second-order valence-electron chi connectivity index (χ2n) is 7.40. The number of thiazole rings is 1. The SMILES string of the molecule is Cc1nc(-c2ccc3c(c2)N(C(C)C(=O)Nc2cccc(C)c2C)C(=O)CO3)cs1. The van der Waals surface area contributed by atoms with Gasteiger partial charge >= 0.3 is 0 Å². The highest BCUT2D eigenvalue weighted by Crippen LogP contribution is 2.37. The van der Waals surface area contributed by atoms with Gasteiger partial charge in [0.25, 0.3) is 5.91 Å². The number of nitrogens with one attached hydrogen (secondary N) is 1. The fourth-order valence-corrected chi connectivity index (χ4v) is 4.11. The van der Waals surface area contributed by atoms with Crippen molar-refractivity contribution in [2.45, 2.75) is 33.7 Å². The molecule has 0 radical (unpaired) electrons. The van der Waals surface area contributed by atoms with E-state index < -0.39 is 6.04 Å². The fraction of sp³-hybridized carbons (Fsp3) is 0.261. The third-order valence-corrected chi connectivity index (χ3v) is 6.16. The number of hydrogen-bond donors (Lipinski definition) is 1. The number of anilines is 2. The Kier molecular flexibility index (Phi) is 5.30. The van der Waals surface area contributed by atoms with Gasteiger partial charge in [-0.1, -0.05) is 12.1 Å². The van der Waals surface area contributed by atoms with Gasteiger partial charge in [0.05, 0.1) is 16.4 Å². The van der Waals surface area contributed by atoms with Crippen molar-refractivity contribution in [3.8, 4) is 17.0 Å². The van der Waals surface area contributed by atoms with Gasteiger partial charge < -0.3 is 10.1 Å². The van der Waals surface area contributed by atoms with Gasteiger partial charge in [-0.3, -0.25) is 14.5 Å². The van der Waals surface area contributed by atoms with E-state index in [0.29, 0.717) is 11.4 Å². The number of benzene rings is 2. The van der Waals surface area contributed by atoms with Crippen LogP contribution in [0.1, 0.15) is 23.1 Å². The average molecular weight is 422 g/mol. The van der Waals surface area contributed by atoms with Crippen molar-refractivity contribution in [2.75, 3.05) is 16.8 Å². The number of aromatic nitrogens is 1. The largest absolute Gasteiger partial charge is 0.482 e. The molecule has 3 aromatic rings. The van der Waals surface area contributed by atoms with Gasteiger partial charge in [0, 0.05) is 16.6 Å². The molecule has 0 saturated heterocycles. The molecule has 7 heteroatoms. The Morgan fingerprint density at radius 1 is 1.23 bits per heavy atom. The molecule has 1 aliphatic heterocycles. The number of ether oxygens (including phenoxy) is 1. The lowest BCUT2D eigenvalue weighted by molar-refractivity contribution is -0.125. The Balaban J connectivity index is 1.66. The molecule has 0 saturated carbocycles. The number of carbonyl (C=O) groups excluding carboxylic acids is 2. The monoisotopic (exact) mass is 421 g/mol. The summed E-state index contributed by atoms with van der Waals surface area (Å²) < 4.78 is 5.60. The van der Waals surface area contributed by atoms with Crippen LogP contribution in [-0.4, -0.2) is 29.4 Å². The highest BCUT2D eigenvalue weighted by molar-refractivity contribution is 7.09. The zero-order chi connectivity index (χ0) is 21.4. The van der Waals surface area contributed by atoms with Crippen LogP contribution in [0.5, 0.6) is 5.75 Å². The molecular weight excluding hydrogens is 398 g/mol. The van der Waals surface area contributed by atoms with Gasteiger partial charge in [0.15, 0.2) is 6.61 Å². The molecule has 0 fully saturated rings. The van der Waals surface area contributed by atoms with Gasteiger partial charge in [0.2, 0.25) is 5.91 Å². The van der Waals surface area contributed by atoms with Crippen LogP contribution in [-0.2, 0) is 9.59 Å². The lowest BCUT2D eigenvalue weighted by Crippen LogP contribution is -2.49. The normalized spacial score (nSPS) is 14.1. The quantitative estimate of drug-likeness (QED) is 0.674. The van der Waals surface area contributed by atoms with E-state index in [1.165, 1.54) is 4.90 Å². The molecular formula is C23H23N3O3S. The van der Waals surface area contributed by atoms with Crippen LogP contribution in [0.15, 0.2) is 41.8 Å². The summed E-state index contributed by atoms with van der Waals surface area (Å²) in [7, 11) is 0. The van der Waals surface area contributed by atoms with Gasteiger partial charge in [-0.25, -0.2) is 4.98 Å². The minimum atomic E-state index is -0.701. The number of fused-ring (bicyclic) bond motifs is 1. The van der Waals surface area contributed by atoms with Crippen LogP contribution in [0.25, 0.3) is 11.3 Å². The van der Waals surface area contributed by atoms with Crippen LogP contribution in [0.4, 0.5) is 11.4 Å². The Bertz CT molecular complexity index is 1140. The summed E-state index contributed by atoms with van der Waals surface area (Å²) in [6.07, 6.45) is 0. The maximum atomic E-state index is 13.0. The van der Waals surface area contributed by atoms with Crippen LogP contribution in [0.3, 0.4) is 0 Å². The first kappa shape index (κ1) is 20.1. The number of nitrogens with zero attached hydrogens (tertiary/aromatic N) is 2. The molecule has 1 atom stereocenters. The smallest absolute Gasteiger partial charge is 0.265 e. The lowest BCUT2D eigenvalue weighted by atomic mass is 10.1. The van der Waals surface area contributed by atoms with Crippen molar-refractivity contribution in [1.29, 1.82) is 0 Å². The van der Waals surface area contributed by atoms with E-state index in [0.717, 1.165) is 33.1 Å². The second-order valence-corrected chi connectivity index (χ2v) is 8.46. The summed E-state index contributed by atoms with van der Waals surface area (Å²) >= 11 is 1.57. The van der Waals surface area contributed by atoms with Gasteiger partial charge in [-0.15, -0.1) is 11.3 Å². The zero-order valence-corrected chi connectivity index (χ0v) is 18.2. The number of hydrogen-bond acceptors (Lipinski definition) is 5. The van der Waals surface area contributed by atoms with Crippen molar-refractivity contribution in [2.24, 2.45) is 0 Å². The molecule has 0 bridgehead atoms.